The Morgan fingerprint density at radius 1 is 1.23 bits per heavy atom. The molecule has 1 aromatic carbocycles. The fourth-order valence-corrected chi connectivity index (χ4v) is 2.18. The molecule has 0 saturated heterocycles. The summed E-state index contributed by atoms with van der Waals surface area (Å²) >= 11 is 0. The summed E-state index contributed by atoms with van der Waals surface area (Å²) < 4.78 is 15.1. The van der Waals surface area contributed by atoms with Gasteiger partial charge in [-0.3, -0.25) is 0 Å². The van der Waals surface area contributed by atoms with E-state index in [1.807, 2.05) is 30.8 Å². The molecule has 0 fully saturated rings. The van der Waals surface area contributed by atoms with E-state index in [0.29, 0.717) is 13.1 Å². The molecule has 118 valence electrons. The minimum Gasteiger partial charge on any atom is -0.357 e. The van der Waals surface area contributed by atoms with E-state index in [1.165, 1.54) is 11.6 Å². The Bertz CT molecular complexity index is 619. The molecule has 1 heterocycles. The minimum atomic E-state index is -0.192. The number of hydrogen-bond acceptors (Lipinski definition) is 1. The molecule has 0 unspecified atom stereocenters. The molecule has 0 atom stereocenters. The summed E-state index contributed by atoms with van der Waals surface area (Å²) in [6.07, 6.45) is 4.82. The Morgan fingerprint density at radius 3 is 2.77 bits per heavy atom. The van der Waals surface area contributed by atoms with Gasteiger partial charge in [-0.15, -0.1) is 0 Å². The number of nitrogens with zero attached hydrogens (tertiary/aromatic N) is 2. The summed E-state index contributed by atoms with van der Waals surface area (Å²) in [5.41, 5.74) is 2.15. The van der Waals surface area contributed by atoms with Gasteiger partial charge >= 0.3 is 0 Å². The molecule has 1 aromatic heterocycles. The van der Waals surface area contributed by atoms with Gasteiger partial charge in [0.05, 0.1) is 6.54 Å². The molecule has 0 radical (unpaired) electrons. The lowest BCUT2D eigenvalue weighted by Gasteiger charge is -2.11. The number of aryl methyl sites for hydroxylation is 1. The van der Waals surface area contributed by atoms with E-state index in [0.717, 1.165) is 24.5 Å². The fraction of sp³-hybridized carbons (Fsp3) is 0.353. The Kier molecular flexibility index (Phi) is 6.01. The summed E-state index contributed by atoms with van der Waals surface area (Å²) in [6, 6.07) is 8.75. The van der Waals surface area contributed by atoms with E-state index in [4.69, 9.17) is 0 Å². The van der Waals surface area contributed by atoms with Crippen molar-refractivity contribution >= 4 is 5.96 Å². The number of benzene rings is 1. The van der Waals surface area contributed by atoms with E-state index in [2.05, 4.69) is 27.9 Å². The first-order chi connectivity index (χ1) is 10.7. The van der Waals surface area contributed by atoms with Crippen LogP contribution < -0.4 is 10.6 Å². The number of aliphatic imine (C=N–C) groups is 1. The van der Waals surface area contributed by atoms with Crippen LogP contribution in [-0.4, -0.2) is 23.6 Å². The van der Waals surface area contributed by atoms with Gasteiger partial charge < -0.3 is 15.2 Å². The summed E-state index contributed by atoms with van der Waals surface area (Å²) in [5, 5.41) is 6.49. The van der Waals surface area contributed by atoms with E-state index >= 15 is 0 Å². The predicted molar refractivity (Wildman–Crippen MR) is 88.3 cm³/mol. The SMILES string of the molecule is CCNC(=NCc1ccn(C)c1)NCCc1cccc(F)c1. The van der Waals surface area contributed by atoms with Crippen molar-refractivity contribution in [1.82, 2.24) is 15.2 Å². The number of hydrogen-bond donors (Lipinski definition) is 2. The van der Waals surface area contributed by atoms with Gasteiger partial charge in [0.2, 0.25) is 0 Å². The first-order valence-electron chi connectivity index (χ1n) is 7.55. The molecular weight excluding hydrogens is 279 g/mol. The van der Waals surface area contributed by atoms with Crippen LogP contribution in [0.5, 0.6) is 0 Å². The molecular formula is C17H23FN4. The monoisotopic (exact) mass is 302 g/mol. The van der Waals surface area contributed by atoms with Crippen molar-refractivity contribution in [2.75, 3.05) is 13.1 Å². The van der Waals surface area contributed by atoms with E-state index in [-0.39, 0.29) is 5.82 Å². The number of nitrogens with one attached hydrogen (secondary N) is 2. The Hall–Kier alpha value is -2.30. The van der Waals surface area contributed by atoms with Crippen LogP contribution in [-0.2, 0) is 20.0 Å². The van der Waals surface area contributed by atoms with Gasteiger partial charge in [-0.2, -0.15) is 0 Å². The van der Waals surface area contributed by atoms with Crippen LogP contribution in [0.3, 0.4) is 0 Å². The molecule has 0 amide bonds. The second kappa shape index (κ2) is 8.22. The summed E-state index contributed by atoms with van der Waals surface area (Å²) in [4.78, 5) is 4.55. The van der Waals surface area contributed by atoms with Crippen molar-refractivity contribution < 1.29 is 4.39 Å². The van der Waals surface area contributed by atoms with Gasteiger partial charge in [0.15, 0.2) is 5.96 Å². The normalized spacial score (nSPS) is 11.5. The molecule has 5 heteroatoms. The standard InChI is InChI=1S/C17H23FN4/c1-3-19-17(21-12-15-8-10-22(2)13-15)20-9-7-14-5-4-6-16(18)11-14/h4-6,8,10-11,13H,3,7,9,12H2,1-2H3,(H2,19,20,21). The highest BCUT2D eigenvalue weighted by molar-refractivity contribution is 5.79. The van der Waals surface area contributed by atoms with Gasteiger partial charge in [0, 0.05) is 32.5 Å². The summed E-state index contributed by atoms with van der Waals surface area (Å²) in [6.45, 7) is 4.19. The first-order valence-corrected chi connectivity index (χ1v) is 7.55. The molecule has 0 bridgehead atoms. The van der Waals surface area contributed by atoms with Crippen molar-refractivity contribution in [3.8, 4) is 0 Å². The lowest BCUT2D eigenvalue weighted by Crippen LogP contribution is -2.38. The Morgan fingerprint density at radius 2 is 2.09 bits per heavy atom. The molecule has 0 aliphatic heterocycles. The van der Waals surface area contributed by atoms with Crippen molar-refractivity contribution in [2.24, 2.45) is 12.0 Å². The molecule has 2 N–H and O–H groups in total. The van der Waals surface area contributed by atoms with E-state index in [9.17, 15) is 4.39 Å². The summed E-state index contributed by atoms with van der Waals surface area (Å²) in [7, 11) is 2.00. The average Bonchev–Trinajstić information content (AvgIpc) is 2.90. The fourth-order valence-electron chi connectivity index (χ4n) is 2.18. The topological polar surface area (TPSA) is 41.4 Å². The molecule has 2 aromatic rings. The van der Waals surface area contributed by atoms with E-state index < -0.39 is 0 Å². The van der Waals surface area contributed by atoms with Crippen LogP contribution >= 0.6 is 0 Å². The number of guanidine groups is 1. The maximum Gasteiger partial charge on any atom is 0.191 e. The molecule has 2 rings (SSSR count). The highest BCUT2D eigenvalue weighted by Crippen LogP contribution is 2.04. The van der Waals surface area contributed by atoms with Crippen LogP contribution in [0.2, 0.25) is 0 Å². The van der Waals surface area contributed by atoms with Crippen LogP contribution in [0.4, 0.5) is 4.39 Å². The number of aromatic nitrogens is 1. The molecule has 0 spiro atoms. The smallest absolute Gasteiger partial charge is 0.191 e. The van der Waals surface area contributed by atoms with Gasteiger partial charge in [-0.1, -0.05) is 12.1 Å². The highest BCUT2D eigenvalue weighted by Gasteiger charge is 2.00. The molecule has 0 aliphatic rings. The summed E-state index contributed by atoms with van der Waals surface area (Å²) in [5.74, 6) is 0.588. The van der Waals surface area contributed by atoms with Crippen LogP contribution in [0.25, 0.3) is 0 Å². The van der Waals surface area contributed by atoms with Crippen molar-refractivity contribution in [3.05, 3.63) is 59.7 Å². The highest BCUT2D eigenvalue weighted by atomic mass is 19.1. The molecule has 0 saturated carbocycles. The number of halogens is 1. The third kappa shape index (κ3) is 5.24. The van der Waals surface area contributed by atoms with Gasteiger partial charge in [-0.25, -0.2) is 9.38 Å². The van der Waals surface area contributed by atoms with Crippen molar-refractivity contribution in [1.29, 1.82) is 0 Å². The maximum atomic E-state index is 13.1. The van der Waals surface area contributed by atoms with Crippen molar-refractivity contribution in [3.63, 3.8) is 0 Å². The molecule has 0 aliphatic carbocycles. The molecule has 22 heavy (non-hydrogen) atoms. The zero-order chi connectivity index (χ0) is 15.8. The van der Waals surface area contributed by atoms with E-state index in [1.54, 1.807) is 12.1 Å². The third-order valence-corrected chi connectivity index (χ3v) is 3.25. The van der Waals surface area contributed by atoms with Gasteiger partial charge in [-0.05, 0) is 42.7 Å². The van der Waals surface area contributed by atoms with Crippen LogP contribution in [0.1, 0.15) is 18.1 Å². The minimum absolute atomic E-state index is 0.192. The second-order valence-corrected chi connectivity index (χ2v) is 5.19. The van der Waals surface area contributed by atoms with Gasteiger partial charge in [0.1, 0.15) is 5.82 Å². The maximum absolute atomic E-state index is 13.1. The first kappa shape index (κ1) is 16.1. The lowest BCUT2D eigenvalue weighted by molar-refractivity contribution is 0.625. The Labute approximate surface area is 131 Å². The molecule has 4 nitrogen and oxygen atoms in total. The van der Waals surface area contributed by atoms with Gasteiger partial charge in [0.25, 0.3) is 0 Å². The van der Waals surface area contributed by atoms with Crippen LogP contribution in [0.15, 0.2) is 47.7 Å². The quantitative estimate of drug-likeness (QED) is 0.636. The zero-order valence-corrected chi connectivity index (χ0v) is 13.1. The van der Waals surface area contributed by atoms with Crippen LogP contribution in [0, 0.1) is 5.82 Å². The van der Waals surface area contributed by atoms with Crippen molar-refractivity contribution in [2.45, 2.75) is 19.9 Å². The predicted octanol–water partition coefficient (Wildman–Crippen LogP) is 2.46. The Balaban J connectivity index is 1.85. The third-order valence-electron chi connectivity index (χ3n) is 3.25. The largest absolute Gasteiger partial charge is 0.357 e. The second-order valence-electron chi connectivity index (χ2n) is 5.19. The average molecular weight is 302 g/mol. The zero-order valence-electron chi connectivity index (χ0n) is 13.1. The lowest BCUT2D eigenvalue weighted by atomic mass is 10.1. The number of rotatable bonds is 6.